The molecule has 5 heterocycles. The molecule has 6 rings (SSSR count). The van der Waals surface area contributed by atoms with Gasteiger partial charge in [0.15, 0.2) is 5.69 Å². The number of rotatable bonds is 6. The molecule has 39 heavy (non-hydrogen) atoms. The lowest BCUT2D eigenvalue weighted by molar-refractivity contribution is -0.0374. The Kier molecular flexibility index (Phi) is 6.47. The van der Waals surface area contributed by atoms with E-state index in [9.17, 15) is 4.79 Å². The summed E-state index contributed by atoms with van der Waals surface area (Å²) in [6, 6.07) is 8.12. The molecule has 2 aliphatic heterocycles. The normalized spacial score (nSPS) is 16.0. The van der Waals surface area contributed by atoms with Gasteiger partial charge in [-0.15, -0.1) is 0 Å². The van der Waals surface area contributed by atoms with Crippen LogP contribution in [-0.4, -0.2) is 62.8 Å². The Hall–Kier alpha value is -3.63. The van der Waals surface area contributed by atoms with Gasteiger partial charge in [0.1, 0.15) is 18.1 Å². The maximum Gasteiger partial charge on any atom is 0.275 e. The van der Waals surface area contributed by atoms with Crippen molar-refractivity contribution in [1.29, 1.82) is 0 Å². The molecule has 1 saturated heterocycles. The highest BCUT2D eigenvalue weighted by Crippen LogP contribution is 2.46. The van der Waals surface area contributed by atoms with E-state index in [1.807, 2.05) is 57.9 Å². The third kappa shape index (κ3) is 4.31. The molecule has 0 atom stereocenters. The Morgan fingerprint density at radius 1 is 1.21 bits per heavy atom. The molecule has 0 spiro atoms. The Bertz CT molecular complexity index is 1540. The standard InChI is InChI=1S/C29H33N5O4S/c1-6-8-33-23(12-18(2)30-33)20-13-21-25(14-24(20)36-5)38-15-22-26(28(35)32-9-10-37-17-29(32,3)4)31-34(27(21)22)19-7-11-39-16-19/h7,11-14,16H,6,8-10,15,17H2,1-5H3. The van der Waals surface area contributed by atoms with Crippen LogP contribution in [0, 0.1) is 6.92 Å². The predicted molar refractivity (Wildman–Crippen MR) is 150 cm³/mol. The summed E-state index contributed by atoms with van der Waals surface area (Å²) in [5.41, 5.74) is 6.26. The lowest BCUT2D eigenvalue weighted by Crippen LogP contribution is -2.55. The average Bonchev–Trinajstić information content (AvgIpc) is 3.66. The van der Waals surface area contributed by atoms with Crippen molar-refractivity contribution in [2.24, 2.45) is 0 Å². The molecule has 0 unspecified atom stereocenters. The van der Waals surface area contributed by atoms with Crippen LogP contribution >= 0.6 is 11.3 Å². The highest BCUT2D eigenvalue weighted by Gasteiger charge is 2.39. The van der Waals surface area contributed by atoms with E-state index in [1.165, 1.54) is 0 Å². The maximum atomic E-state index is 14.0. The van der Waals surface area contributed by atoms with Gasteiger partial charge in [0, 0.05) is 41.2 Å². The second-order valence-electron chi connectivity index (χ2n) is 10.6. The molecule has 10 heteroatoms. The molecule has 1 amide bonds. The van der Waals surface area contributed by atoms with E-state index < -0.39 is 5.54 Å². The number of amides is 1. The molecular formula is C29H33N5O4S. The van der Waals surface area contributed by atoms with E-state index in [-0.39, 0.29) is 12.5 Å². The van der Waals surface area contributed by atoms with Gasteiger partial charge in [-0.05, 0) is 50.8 Å². The van der Waals surface area contributed by atoms with Gasteiger partial charge in [0.05, 0.1) is 48.6 Å². The summed E-state index contributed by atoms with van der Waals surface area (Å²) in [7, 11) is 1.67. The first-order chi connectivity index (χ1) is 18.8. The summed E-state index contributed by atoms with van der Waals surface area (Å²) >= 11 is 1.59. The molecule has 0 N–H and O–H groups in total. The molecule has 1 aromatic carbocycles. The number of carbonyl (C=O) groups excluding carboxylic acids is 1. The second-order valence-corrected chi connectivity index (χ2v) is 11.4. The number of hydrogen-bond acceptors (Lipinski definition) is 7. The number of fused-ring (bicyclic) bond motifs is 3. The molecule has 0 saturated carbocycles. The molecule has 0 bridgehead atoms. The first-order valence-corrected chi connectivity index (χ1v) is 14.2. The van der Waals surface area contributed by atoms with Crippen molar-refractivity contribution < 1.29 is 19.0 Å². The van der Waals surface area contributed by atoms with Crippen LogP contribution in [-0.2, 0) is 17.9 Å². The first kappa shape index (κ1) is 25.6. The monoisotopic (exact) mass is 547 g/mol. The Labute approximate surface area is 231 Å². The Balaban J connectivity index is 1.55. The summed E-state index contributed by atoms with van der Waals surface area (Å²) in [5, 5.41) is 13.7. The number of ether oxygens (including phenoxy) is 3. The smallest absolute Gasteiger partial charge is 0.275 e. The van der Waals surface area contributed by atoms with Crippen LogP contribution in [0.1, 0.15) is 48.9 Å². The molecule has 3 aromatic heterocycles. The SMILES string of the molecule is CCCn1nc(C)cc1-c1cc2c(cc1OC)OCc1c(C(=O)N3CCOCC3(C)C)nn(-c3ccsc3)c1-2. The van der Waals surface area contributed by atoms with E-state index in [4.69, 9.17) is 24.4 Å². The minimum Gasteiger partial charge on any atom is -0.496 e. The van der Waals surface area contributed by atoms with Gasteiger partial charge in [0.2, 0.25) is 0 Å². The minimum atomic E-state index is -0.433. The van der Waals surface area contributed by atoms with Gasteiger partial charge in [-0.25, -0.2) is 4.68 Å². The number of hydrogen-bond donors (Lipinski definition) is 0. The van der Waals surface area contributed by atoms with Crippen LogP contribution < -0.4 is 9.47 Å². The van der Waals surface area contributed by atoms with Crippen molar-refractivity contribution in [3.63, 3.8) is 0 Å². The quantitative estimate of drug-likeness (QED) is 0.324. The molecule has 1 fully saturated rings. The molecule has 0 aliphatic carbocycles. The van der Waals surface area contributed by atoms with Gasteiger partial charge in [-0.3, -0.25) is 9.48 Å². The lowest BCUT2D eigenvalue weighted by atomic mass is 9.96. The number of methoxy groups -OCH3 is 1. The summed E-state index contributed by atoms with van der Waals surface area (Å²) in [5.74, 6) is 1.30. The van der Waals surface area contributed by atoms with Gasteiger partial charge in [-0.2, -0.15) is 21.5 Å². The second kappa shape index (κ2) is 9.84. The summed E-state index contributed by atoms with van der Waals surface area (Å²) in [6.45, 7) is 10.7. The number of benzene rings is 1. The van der Waals surface area contributed by atoms with E-state index in [1.54, 1.807) is 18.4 Å². The lowest BCUT2D eigenvalue weighted by Gasteiger charge is -2.41. The zero-order valence-electron chi connectivity index (χ0n) is 23.0. The number of aromatic nitrogens is 4. The van der Waals surface area contributed by atoms with Gasteiger partial charge < -0.3 is 19.1 Å². The van der Waals surface area contributed by atoms with Crippen molar-refractivity contribution in [3.05, 3.63) is 52.0 Å². The average molecular weight is 548 g/mol. The molecule has 0 radical (unpaired) electrons. The Morgan fingerprint density at radius 2 is 2.05 bits per heavy atom. The summed E-state index contributed by atoms with van der Waals surface area (Å²) in [6.07, 6.45) is 0.961. The zero-order valence-corrected chi connectivity index (χ0v) is 23.8. The van der Waals surface area contributed by atoms with Crippen LogP contribution in [0.4, 0.5) is 0 Å². The van der Waals surface area contributed by atoms with Gasteiger partial charge >= 0.3 is 0 Å². The van der Waals surface area contributed by atoms with Crippen molar-refractivity contribution in [2.75, 3.05) is 26.9 Å². The van der Waals surface area contributed by atoms with Crippen LogP contribution in [0.15, 0.2) is 35.0 Å². The van der Waals surface area contributed by atoms with Gasteiger partial charge in [0.25, 0.3) is 5.91 Å². The molecular weight excluding hydrogens is 514 g/mol. The molecule has 9 nitrogen and oxygen atoms in total. The van der Waals surface area contributed by atoms with Crippen molar-refractivity contribution >= 4 is 17.2 Å². The van der Waals surface area contributed by atoms with Gasteiger partial charge in [-0.1, -0.05) is 6.92 Å². The number of aryl methyl sites for hydroxylation is 2. The fourth-order valence-electron chi connectivity index (χ4n) is 5.49. The van der Waals surface area contributed by atoms with Crippen LogP contribution in [0.25, 0.3) is 28.2 Å². The maximum absolute atomic E-state index is 14.0. The third-order valence-corrected chi connectivity index (χ3v) is 8.04. The fourth-order valence-corrected chi connectivity index (χ4v) is 6.11. The molecule has 2 aliphatic rings. The van der Waals surface area contributed by atoms with Crippen molar-refractivity contribution in [3.8, 4) is 39.7 Å². The van der Waals surface area contributed by atoms with E-state index >= 15 is 0 Å². The highest BCUT2D eigenvalue weighted by molar-refractivity contribution is 7.08. The third-order valence-electron chi connectivity index (χ3n) is 7.37. The zero-order chi connectivity index (χ0) is 27.3. The predicted octanol–water partition coefficient (Wildman–Crippen LogP) is 5.33. The topological polar surface area (TPSA) is 83.6 Å². The highest BCUT2D eigenvalue weighted by atomic mass is 32.1. The van der Waals surface area contributed by atoms with Crippen LogP contribution in [0.2, 0.25) is 0 Å². The number of thiophene rings is 1. The first-order valence-electron chi connectivity index (χ1n) is 13.3. The van der Waals surface area contributed by atoms with Crippen LogP contribution in [0.3, 0.4) is 0 Å². The number of morpholine rings is 1. The molecule has 204 valence electrons. The minimum absolute atomic E-state index is 0.106. The van der Waals surface area contributed by atoms with E-state index in [2.05, 4.69) is 19.1 Å². The summed E-state index contributed by atoms with van der Waals surface area (Å²) in [4.78, 5) is 15.9. The van der Waals surface area contributed by atoms with E-state index in [0.717, 1.165) is 52.4 Å². The fraction of sp³-hybridized carbons (Fsp3) is 0.414. The van der Waals surface area contributed by atoms with Crippen molar-refractivity contribution in [1.82, 2.24) is 24.5 Å². The van der Waals surface area contributed by atoms with Crippen LogP contribution in [0.5, 0.6) is 11.5 Å². The molecule has 4 aromatic rings. The number of nitrogens with zero attached hydrogens (tertiary/aromatic N) is 5. The Morgan fingerprint density at radius 3 is 2.77 bits per heavy atom. The van der Waals surface area contributed by atoms with Crippen molar-refractivity contribution in [2.45, 2.75) is 52.8 Å². The summed E-state index contributed by atoms with van der Waals surface area (Å²) < 4.78 is 21.7. The largest absolute Gasteiger partial charge is 0.496 e. The van der Waals surface area contributed by atoms with E-state index in [0.29, 0.717) is 37.0 Å². The number of carbonyl (C=O) groups is 1.